The number of nitrogen functional groups attached to an aromatic ring is 1. The van der Waals surface area contributed by atoms with Crippen molar-refractivity contribution in [3.05, 3.63) is 23.2 Å². The summed E-state index contributed by atoms with van der Waals surface area (Å²) in [5.74, 6) is 0.558. The summed E-state index contributed by atoms with van der Waals surface area (Å²) < 4.78 is 18.6. The summed E-state index contributed by atoms with van der Waals surface area (Å²) >= 11 is 5.98. The average molecular weight is 314 g/mol. The fourth-order valence-corrected chi connectivity index (χ4v) is 4.79. The first-order valence-electron chi connectivity index (χ1n) is 7.19. The highest BCUT2D eigenvalue weighted by molar-refractivity contribution is 7.85. The minimum atomic E-state index is -1.07. The lowest BCUT2D eigenvalue weighted by Crippen LogP contribution is -2.27. The van der Waals surface area contributed by atoms with Gasteiger partial charge in [0.25, 0.3) is 0 Å². The van der Waals surface area contributed by atoms with Crippen molar-refractivity contribution >= 4 is 28.1 Å². The zero-order valence-electron chi connectivity index (χ0n) is 11.4. The van der Waals surface area contributed by atoms with Gasteiger partial charge in [0.05, 0.1) is 39.0 Å². The zero-order chi connectivity index (χ0) is 14.2. The molecule has 5 heteroatoms. The molecule has 0 aromatic heterocycles. The average Bonchev–Trinajstić information content (AvgIpc) is 3.04. The Balaban J connectivity index is 1.63. The highest BCUT2D eigenvalue weighted by Crippen LogP contribution is 2.43. The van der Waals surface area contributed by atoms with E-state index >= 15 is 0 Å². The minimum absolute atomic E-state index is 0.105. The Bertz CT molecular complexity index is 529. The molecule has 3 nitrogen and oxygen atoms in total. The summed E-state index contributed by atoms with van der Waals surface area (Å²) in [6.45, 7) is 0. The lowest BCUT2D eigenvalue weighted by Gasteiger charge is -2.23. The van der Waals surface area contributed by atoms with Gasteiger partial charge in [-0.15, -0.1) is 0 Å². The van der Waals surface area contributed by atoms with Crippen molar-refractivity contribution in [2.45, 2.75) is 55.1 Å². The monoisotopic (exact) mass is 313 g/mol. The van der Waals surface area contributed by atoms with Gasteiger partial charge in [0, 0.05) is 4.90 Å². The molecule has 0 amide bonds. The van der Waals surface area contributed by atoms with Crippen molar-refractivity contribution in [1.82, 2.24) is 0 Å². The predicted molar refractivity (Wildman–Crippen MR) is 82.4 cm³/mol. The summed E-state index contributed by atoms with van der Waals surface area (Å²) in [7, 11) is -1.07. The molecule has 1 saturated heterocycles. The van der Waals surface area contributed by atoms with Gasteiger partial charge in [-0.3, -0.25) is 4.21 Å². The molecule has 1 heterocycles. The smallest absolute Gasteiger partial charge is 0.0702 e. The van der Waals surface area contributed by atoms with Gasteiger partial charge in [-0.05, 0) is 43.9 Å². The topological polar surface area (TPSA) is 52.3 Å². The molecule has 1 aliphatic heterocycles. The molecule has 2 fully saturated rings. The van der Waals surface area contributed by atoms with Crippen molar-refractivity contribution in [2.75, 3.05) is 11.5 Å². The molecule has 2 unspecified atom stereocenters. The van der Waals surface area contributed by atoms with Crippen molar-refractivity contribution < 1.29 is 8.95 Å². The van der Waals surface area contributed by atoms with Gasteiger partial charge in [0.1, 0.15) is 0 Å². The second-order valence-electron chi connectivity index (χ2n) is 5.86. The van der Waals surface area contributed by atoms with Gasteiger partial charge in [-0.2, -0.15) is 0 Å². The SMILES string of the molecule is Nc1ccc(S(=O)CC2CCC3(CCCC3)O2)cc1Cl. The van der Waals surface area contributed by atoms with Crippen LogP contribution in [0.25, 0.3) is 0 Å². The number of anilines is 1. The highest BCUT2D eigenvalue weighted by Gasteiger charge is 2.42. The third-order valence-corrected chi connectivity index (χ3v) is 6.21. The number of hydrogen-bond donors (Lipinski definition) is 1. The number of halogens is 1. The van der Waals surface area contributed by atoms with E-state index in [4.69, 9.17) is 22.1 Å². The molecule has 1 aromatic carbocycles. The van der Waals surface area contributed by atoms with Crippen LogP contribution in [0.5, 0.6) is 0 Å². The summed E-state index contributed by atoms with van der Waals surface area (Å²) in [6, 6.07) is 5.20. The van der Waals surface area contributed by atoms with E-state index in [9.17, 15) is 4.21 Å². The maximum Gasteiger partial charge on any atom is 0.0702 e. The van der Waals surface area contributed by atoms with Crippen LogP contribution < -0.4 is 5.73 Å². The molecule has 1 aliphatic carbocycles. The van der Waals surface area contributed by atoms with E-state index in [1.54, 1.807) is 18.2 Å². The van der Waals surface area contributed by atoms with Gasteiger partial charge >= 0.3 is 0 Å². The van der Waals surface area contributed by atoms with Crippen LogP contribution in [-0.4, -0.2) is 21.7 Å². The Kier molecular flexibility index (Phi) is 4.07. The van der Waals surface area contributed by atoms with E-state index in [0.29, 0.717) is 16.5 Å². The van der Waals surface area contributed by atoms with E-state index in [1.165, 1.54) is 25.7 Å². The molecular weight excluding hydrogens is 294 g/mol. The fourth-order valence-electron chi connectivity index (χ4n) is 3.31. The number of rotatable bonds is 3. The van der Waals surface area contributed by atoms with Crippen molar-refractivity contribution in [1.29, 1.82) is 0 Å². The summed E-state index contributed by atoms with van der Waals surface area (Å²) in [5, 5.41) is 0.468. The zero-order valence-corrected chi connectivity index (χ0v) is 13.0. The molecule has 0 bridgehead atoms. The van der Waals surface area contributed by atoms with Crippen LogP contribution in [0.1, 0.15) is 38.5 Å². The van der Waals surface area contributed by atoms with E-state index in [0.717, 1.165) is 17.7 Å². The van der Waals surface area contributed by atoms with Crippen LogP contribution in [0, 0.1) is 0 Å². The molecule has 0 radical (unpaired) electrons. The van der Waals surface area contributed by atoms with Crippen LogP contribution >= 0.6 is 11.6 Å². The predicted octanol–water partition coefficient (Wildman–Crippen LogP) is 3.52. The largest absolute Gasteiger partial charge is 0.398 e. The fraction of sp³-hybridized carbons (Fsp3) is 0.600. The second-order valence-corrected chi connectivity index (χ2v) is 7.77. The van der Waals surface area contributed by atoms with Gasteiger partial charge in [-0.25, -0.2) is 0 Å². The molecule has 1 aromatic rings. The molecule has 2 aliphatic rings. The molecular formula is C15H20ClNO2S. The Hall–Kier alpha value is -0.580. The van der Waals surface area contributed by atoms with Gasteiger partial charge in [-0.1, -0.05) is 24.4 Å². The third kappa shape index (κ3) is 2.87. The Morgan fingerprint density at radius 3 is 2.80 bits per heavy atom. The molecule has 110 valence electrons. The van der Waals surface area contributed by atoms with E-state index in [-0.39, 0.29) is 11.7 Å². The second kappa shape index (κ2) is 5.66. The number of ether oxygens (including phenoxy) is 1. The lowest BCUT2D eigenvalue weighted by molar-refractivity contribution is -0.0270. The Morgan fingerprint density at radius 2 is 2.10 bits per heavy atom. The quantitative estimate of drug-likeness (QED) is 0.869. The van der Waals surface area contributed by atoms with E-state index in [1.807, 2.05) is 0 Å². The van der Waals surface area contributed by atoms with Gasteiger partial charge in [0.15, 0.2) is 0 Å². The standard InChI is InChI=1S/C15H20ClNO2S/c16-13-9-12(3-4-14(13)17)20(18)10-11-5-8-15(19-11)6-1-2-7-15/h3-4,9,11H,1-2,5-8,10,17H2. The molecule has 2 N–H and O–H groups in total. The molecule has 2 atom stereocenters. The highest BCUT2D eigenvalue weighted by atomic mass is 35.5. The number of hydrogen-bond acceptors (Lipinski definition) is 3. The molecule has 3 rings (SSSR count). The van der Waals surface area contributed by atoms with E-state index in [2.05, 4.69) is 0 Å². The Labute approximate surface area is 127 Å². The molecule has 1 saturated carbocycles. The summed E-state index contributed by atoms with van der Waals surface area (Å²) in [4.78, 5) is 0.736. The summed E-state index contributed by atoms with van der Waals surface area (Å²) in [5.41, 5.74) is 6.30. The maximum atomic E-state index is 12.4. The van der Waals surface area contributed by atoms with Crippen molar-refractivity contribution in [3.63, 3.8) is 0 Å². The number of benzene rings is 1. The molecule has 1 spiro atoms. The van der Waals surface area contributed by atoms with Crippen molar-refractivity contribution in [2.24, 2.45) is 0 Å². The van der Waals surface area contributed by atoms with E-state index < -0.39 is 10.8 Å². The minimum Gasteiger partial charge on any atom is -0.398 e. The normalized spacial score (nSPS) is 26.1. The lowest BCUT2D eigenvalue weighted by atomic mass is 9.98. The van der Waals surface area contributed by atoms with Crippen LogP contribution in [0.4, 0.5) is 5.69 Å². The third-order valence-electron chi connectivity index (χ3n) is 4.43. The maximum absolute atomic E-state index is 12.4. The van der Waals surface area contributed by atoms with Gasteiger partial charge in [0.2, 0.25) is 0 Å². The first-order valence-corrected chi connectivity index (χ1v) is 8.89. The van der Waals surface area contributed by atoms with Gasteiger partial charge < -0.3 is 10.5 Å². The van der Waals surface area contributed by atoms with Crippen LogP contribution in [0.15, 0.2) is 23.1 Å². The first-order chi connectivity index (χ1) is 9.58. The van der Waals surface area contributed by atoms with Crippen LogP contribution in [0.3, 0.4) is 0 Å². The van der Waals surface area contributed by atoms with Crippen molar-refractivity contribution in [3.8, 4) is 0 Å². The molecule has 20 heavy (non-hydrogen) atoms. The Morgan fingerprint density at radius 1 is 1.35 bits per heavy atom. The van der Waals surface area contributed by atoms with Crippen LogP contribution in [0.2, 0.25) is 5.02 Å². The summed E-state index contributed by atoms with van der Waals surface area (Å²) in [6.07, 6.45) is 7.14. The first kappa shape index (κ1) is 14.4. The number of nitrogens with two attached hydrogens (primary N) is 1. The van der Waals surface area contributed by atoms with Crippen LogP contribution in [-0.2, 0) is 15.5 Å².